The van der Waals surface area contributed by atoms with Crippen molar-refractivity contribution in [1.82, 2.24) is 15.1 Å². The molecule has 0 aliphatic rings. The number of hydrogen-bond acceptors (Lipinski definition) is 2. The topological polar surface area (TPSA) is 46.9 Å². The van der Waals surface area contributed by atoms with Gasteiger partial charge in [0.25, 0.3) is 0 Å². The number of aryl methyl sites for hydroxylation is 2. The van der Waals surface area contributed by atoms with E-state index in [4.69, 9.17) is 0 Å². The number of carbonyl (C=O) groups is 1. The van der Waals surface area contributed by atoms with Crippen molar-refractivity contribution < 1.29 is 9.18 Å². The average Bonchev–Trinajstić information content (AvgIpc) is 2.97. The summed E-state index contributed by atoms with van der Waals surface area (Å²) >= 11 is 0. The van der Waals surface area contributed by atoms with Crippen molar-refractivity contribution >= 4 is 16.8 Å². The first kappa shape index (κ1) is 15.2. The largest absolute Gasteiger partial charge is 0.352 e. The van der Waals surface area contributed by atoms with Gasteiger partial charge in [0.1, 0.15) is 5.82 Å². The highest BCUT2D eigenvalue weighted by molar-refractivity contribution is 5.82. The molecule has 2 aromatic carbocycles. The lowest BCUT2D eigenvalue weighted by molar-refractivity contribution is -0.121. The molecule has 1 aromatic heterocycles. The molecule has 0 saturated heterocycles. The molecular formula is C18H18FN3O. The maximum absolute atomic E-state index is 13.5. The van der Waals surface area contributed by atoms with Crippen molar-refractivity contribution in [3.05, 3.63) is 65.6 Å². The van der Waals surface area contributed by atoms with Crippen LogP contribution in [-0.2, 0) is 17.9 Å². The summed E-state index contributed by atoms with van der Waals surface area (Å²) in [7, 11) is 0. The molecule has 23 heavy (non-hydrogen) atoms. The number of amides is 1. The van der Waals surface area contributed by atoms with Gasteiger partial charge in [0.15, 0.2) is 0 Å². The highest BCUT2D eigenvalue weighted by Gasteiger charge is 2.08. The van der Waals surface area contributed by atoms with Crippen LogP contribution in [-0.4, -0.2) is 15.7 Å². The number of nitrogens with zero attached hydrogens (tertiary/aromatic N) is 2. The van der Waals surface area contributed by atoms with Gasteiger partial charge in [-0.2, -0.15) is 5.10 Å². The van der Waals surface area contributed by atoms with Crippen LogP contribution in [0, 0.1) is 12.7 Å². The van der Waals surface area contributed by atoms with Crippen LogP contribution in [0.25, 0.3) is 10.9 Å². The van der Waals surface area contributed by atoms with Gasteiger partial charge in [0.2, 0.25) is 5.91 Å². The van der Waals surface area contributed by atoms with Crippen molar-refractivity contribution in [2.75, 3.05) is 0 Å². The Hall–Kier alpha value is -2.69. The predicted octanol–water partition coefficient (Wildman–Crippen LogP) is 3.19. The van der Waals surface area contributed by atoms with Crippen LogP contribution in [0.2, 0.25) is 0 Å². The summed E-state index contributed by atoms with van der Waals surface area (Å²) in [5.41, 5.74) is 2.67. The summed E-state index contributed by atoms with van der Waals surface area (Å²) in [6.45, 7) is 2.73. The summed E-state index contributed by atoms with van der Waals surface area (Å²) < 4.78 is 15.3. The van der Waals surface area contributed by atoms with Crippen LogP contribution in [0.15, 0.2) is 48.7 Å². The Balaban J connectivity index is 1.58. The Kier molecular flexibility index (Phi) is 4.37. The number of carbonyl (C=O) groups excluding carboxylic acids is 1. The van der Waals surface area contributed by atoms with E-state index in [0.29, 0.717) is 18.5 Å². The lowest BCUT2D eigenvalue weighted by Crippen LogP contribution is -2.24. The smallest absolute Gasteiger partial charge is 0.222 e. The van der Waals surface area contributed by atoms with E-state index in [0.717, 1.165) is 16.5 Å². The summed E-state index contributed by atoms with van der Waals surface area (Å²) in [5.74, 6) is -0.425. The van der Waals surface area contributed by atoms with E-state index < -0.39 is 0 Å². The van der Waals surface area contributed by atoms with Crippen molar-refractivity contribution in [3.8, 4) is 0 Å². The molecule has 0 radical (unpaired) electrons. The van der Waals surface area contributed by atoms with Crippen LogP contribution < -0.4 is 5.32 Å². The first-order valence-corrected chi connectivity index (χ1v) is 7.56. The molecule has 0 unspecified atom stereocenters. The molecule has 4 nitrogen and oxygen atoms in total. The van der Waals surface area contributed by atoms with E-state index in [-0.39, 0.29) is 18.3 Å². The van der Waals surface area contributed by atoms with Crippen molar-refractivity contribution in [3.63, 3.8) is 0 Å². The highest BCUT2D eigenvalue weighted by Crippen LogP contribution is 2.17. The second-order valence-corrected chi connectivity index (χ2v) is 5.49. The van der Waals surface area contributed by atoms with E-state index in [2.05, 4.69) is 10.4 Å². The van der Waals surface area contributed by atoms with E-state index in [1.54, 1.807) is 18.2 Å². The molecule has 1 heterocycles. The monoisotopic (exact) mass is 311 g/mol. The van der Waals surface area contributed by atoms with Gasteiger partial charge in [-0.3, -0.25) is 9.48 Å². The Morgan fingerprint density at radius 2 is 2.04 bits per heavy atom. The third-order valence-electron chi connectivity index (χ3n) is 3.89. The van der Waals surface area contributed by atoms with Gasteiger partial charge in [0.05, 0.1) is 18.3 Å². The molecule has 3 rings (SSSR count). The SMILES string of the molecule is Cc1cccc2c1cnn2CCC(=O)NCc1ccccc1F. The molecule has 0 atom stereocenters. The predicted molar refractivity (Wildman–Crippen MR) is 87.3 cm³/mol. The number of benzene rings is 2. The maximum atomic E-state index is 13.5. The Morgan fingerprint density at radius 1 is 1.22 bits per heavy atom. The number of aromatic nitrogens is 2. The third kappa shape index (κ3) is 3.39. The van der Waals surface area contributed by atoms with Gasteiger partial charge in [-0.15, -0.1) is 0 Å². The zero-order chi connectivity index (χ0) is 16.2. The Bertz CT molecular complexity index is 841. The first-order valence-electron chi connectivity index (χ1n) is 7.56. The van der Waals surface area contributed by atoms with Crippen LogP contribution >= 0.6 is 0 Å². The number of rotatable bonds is 5. The molecule has 0 bridgehead atoms. The number of nitrogens with one attached hydrogen (secondary N) is 1. The van der Waals surface area contributed by atoms with E-state index in [9.17, 15) is 9.18 Å². The summed E-state index contributed by atoms with van der Waals surface area (Å²) in [4.78, 5) is 12.0. The van der Waals surface area contributed by atoms with Crippen LogP contribution in [0.1, 0.15) is 17.5 Å². The fourth-order valence-corrected chi connectivity index (χ4v) is 2.56. The zero-order valence-corrected chi connectivity index (χ0v) is 12.9. The summed E-state index contributed by atoms with van der Waals surface area (Å²) in [6.07, 6.45) is 2.13. The number of halogens is 1. The van der Waals surface area contributed by atoms with Gasteiger partial charge in [-0.25, -0.2) is 4.39 Å². The molecule has 118 valence electrons. The lowest BCUT2D eigenvalue weighted by atomic mass is 10.1. The number of hydrogen-bond donors (Lipinski definition) is 1. The molecule has 3 aromatic rings. The maximum Gasteiger partial charge on any atom is 0.222 e. The van der Waals surface area contributed by atoms with Crippen LogP contribution in [0.5, 0.6) is 0 Å². The Labute approximate surface area is 133 Å². The molecule has 0 aliphatic heterocycles. The third-order valence-corrected chi connectivity index (χ3v) is 3.89. The van der Waals surface area contributed by atoms with Gasteiger partial charge in [-0.05, 0) is 24.6 Å². The van der Waals surface area contributed by atoms with Gasteiger partial charge >= 0.3 is 0 Å². The van der Waals surface area contributed by atoms with Gasteiger partial charge in [-0.1, -0.05) is 30.3 Å². The fourth-order valence-electron chi connectivity index (χ4n) is 2.56. The fraction of sp³-hybridized carbons (Fsp3) is 0.222. The lowest BCUT2D eigenvalue weighted by Gasteiger charge is -2.07. The highest BCUT2D eigenvalue weighted by atomic mass is 19.1. The molecule has 0 spiro atoms. The second kappa shape index (κ2) is 6.60. The van der Waals surface area contributed by atoms with Crippen LogP contribution in [0.3, 0.4) is 0 Å². The van der Waals surface area contributed by atoms with Crippen molar-refractivity contribution in [2.45, 2.75) is 26.4 Å². The van der Waals surface area contributed by atoms with E-state index in [1.165, 1.54) is 6.07 Å². The minimum atomic E-state index is -0.304. The average molecular weight is 311 g/mol. The molecule has 0 aliphatic carbocycles. The van der Waals surface area contributed by atoms with Crippen molar-refractivity contribution in [2.24, 2.45) is 0 Å². The molecule has 1 N–H and O–H groups in total. The van der Waals surface area contributed by atoms with Gasteiger partial charge in [0, 0.05) is 23.9 Å². The van der Waals surface area contributed by atoms with E-state index >= 15 is 0 Å². The summed E-state index contributed by atoms with van der Waals surface area (Å²) in [5, 5.41) is 8.18. The second-order valence-electron chi connectivity index (χ2n) is 5.49. The molecule has 0 fully saturated rings. The molecular weight excluding hydrogens is 293 g/mol. The molecule has 1 amide bonds. The normalized spacial score (nSPS) is 10.9. The number of fused-ring (bicyclic) bond motifs is 1. The van der Waals surface area contributed by atoms with Crippen molar-refractivity contribution in [1.29, 1.82) is 0 Å². The van der Waals surface area contributed by atoms with E-state index in [1.807, 2.05) is 36.0 Å². The minimum absolute atomic E-state index is 0.121. The molecule has 5 heteroatoms. The Morgan fingerprint density at radius 3 is 2.87 bits per heavy atom. The summed E-state index contributed by atoms with van der Waals surface area (Å²) in [6, 6.07) is 12.4. The standard InChI is InChI=1S/C18H18FN3O/c1-13-5-4-8-17-15(13)12-21-22(17)10-9-18(23)20-11-14-6-2-3-7-16(14)19/h2-8,12H,9-11H2,1H3,(H,20,23). The minimum Gasteiger partial charge on any atom is -0.352 e. The zero-order valence-electron chi connectivity index (χ0n) is 12.9. The molecule has 0 saturated carbocycles. The van der Waals surface area contributed by atoms with Gasteiger partial charge < -0.3 is 5.32 Å². The first-order chi connectivity index (χ1) is 11.1. The van der Waals surface area contributed by atoms with Crippen LogP contribution in [0.4, 0.5) is 4.39 Å². The quantitative estimate of drug-likeness (QED) is 0.786.